The van der Waals surface area contributed by atoms with Crippen LogP contribution in [0.25, 0.3) is 0 Å². The molecule has 3 rings (SSSR count). The molecule has 0 saturated carbocycles. The van der Waals surface area contributed by atoms with E-state index in [9.17, 15) is 9.59 Å². The van der Waals surface area contributed by atoms with Crippen molar-refractivity contribution in [3.05, 3.63) is 52.1 Å². The van der Waals surface area contributed by atoms with Gasteiger partial charge in [0, 0.05) is 28.2 Å². The molecule has 6 nitrogen and oxygen atoms in total. The Hall–Kier alpha value is -2.31. The molecule has 1 saturated heterocycles. The van der Waals surface area contributed by atoms with Gasteiger partial charge in [0.15, 0.2) is 0 Å². The summed E-state index contributed by atoms with van der Waals surface area (Å²) in [6.45, 7) is 0.502. The molecule has 2 aromatic rings. The van der Waals surface area contributed by atoms with Gasteiger partial charge >= 0.3 is 0 Å². The number of methoxy groups -OCH3 is 1. The molecule has 0 spiro atoms. The molecule has 1 atom stereocenters. The Morgan fingerprint density at radius 1 is 1.23 bits per heavy atom. The number of benzene rings is 1. The zero-order chi connectivity index (χ0) is 18.7. The summed E-state index contributed by atoms with van der Waals surface area (Å²) >= 11 is 12.0. The first-order chi connectivity index (χ1) is 12.5. The average molecular weight is 394 g/mol. The van der Waals surface area contributed by atoms with Gasteiger partial charge in [-0.25, -0.2) is 4.98 Å². The number of anilines is 1. The second-order valence-electron chi connectivity index (χ2n) is 5.89. The fourth-order valence-corrected chi connectivity index (χ4v) is 3.45. The van der Waals surface area contributed by atoms with Gasteiger partial charge in [-0.1, -0.05) is 23.2 Å². The maximum atomic E-state index is 12.8. The van der Waals surface area contributed by atoms with Gasteiger partial charge < -0.3 is 15.0 Å². The monoisotopic (exact) mass is 393 g/mol. The van der Waals surface area contributed by atoms with E-state index in [0.29, 0.717) is 40.1 Å². The topological polar surface area (TPSA) is 71.5 Å². The number of hydrogen-bond donors (Lipinski definition) is 1. The fourth-order valence-electron chi connectivity index (χ4n) is 2.93. The smallest absolute Gasteiger partial charge is 0.254 e. The zero-order valence-corrected chi connectivity index (χ0v) is 15.5. The van der Waals surface area contributed by atoms with Gasteiger partial charge in [0.1, 0.15) is 6.04 Å². The van der Waals surface area contributed by atoms with Gasteiger partial charge in [-0.05, 0) is 37.1 Å². The summed E-state index contributed by atoms with van der Waals surface area (Å²) in [7, 11) is 1.52. The molecule has 1 N–H and O–H groups in total. The van der Waals surface area contributed by atoms with Crippen molar-refractivity contribution in [1.29, 1.82) is 0 Å². The highest BCUT2D eigenvalue weighted by molar-refractivity contribution is 6.35. The molecule has 0 bridgehead atoms. The van der Waals surface area contributed by atoms with E-state index in [2.05, 4.69) is 10.3 Å². The summed E-state index contributed by atoms with van der Waals surface area (Å²) in [4.78, 5) is 31.0. The first-order valence-electron chi connectivity index (χ1n) is 8.06. The lowest BCUT2D eigenvalue weighted by Gasteiger charge is -2.24. The lowest BCUT2D eigenvalue weighted by Crippen LogP contribution is -2.43. The van der Waals surface area contributed by atoms with E-state index in [1.165, 1.54) is 13.3 Å². The third-order valence-corrected chi connectivity index (χ3v) is 4.58. The van der Waals surface area contributed by atoms with Crippen molar-refractivity contribution in [3.63, 3.8) is 0 Å². The SMILES string of the molecule is COc1ccc(NC(=O)[C@H]2CCCN2C(=O)c2cc(Cl)cc(Cl)c2)cn1. The van der Waals surface area contributed by atoms with Crippen LogP contribution in [0.2, 0.25) is 10.0 Å². The second kappa shape index (κ2) is 7.93. The fraction of sp³-hybridized carbons (Fsp3) is 0.278. The van der Waals surface area contributed by atoms with Gasteiger partial charge in [-0.3, -0.25) is 9.59 Å². The van der Waals surface area contributed by atoms with Gasteiger partial charge in [-0.15, -0.1) is 0 Å². The Balaban J connectivity index is 1.74. The van der Waals surface area contributed by atoms with Crippen LogP contribution in [0.15, 0.2) is 36.5 Å². The number of amides is 2. The summed E-state index contributed by atoms with van der Waals surface area (Å²) in [6.07, 6.45) is 2.85. The first kappa shape index (κ1) is 18.5. The number of rotatable bonds is 4. The Bertz CT molecular complexity index is 807. The molecular weight excluding hydrogens is 377 g/mol. The zero-order valence-electron chi connectivity index (χ0n) is 14.0. The quantitative estimate of drug-likeness (QED) is 0.860. The summed E-state index contributed by atoms with van der Waals surface area (Å²) in [5.41, 5.74) is 0.911. The molecule has 1 aliphatic rings. The van der Waals surface area contributed by atoms with Crippen molar-refractivity contribution in [2.75, 3.05) is 19.0 Å². The highest BCUT2D eigenvalue weighted by Crippen LogP contribution is 2.25. The van der Waals surface area contributed by atoms with Crippen LogP contribution in [0.5, 0.6) is 5.88 Å². The van der Waals surface area contributed by atoms with Crippen LogP contribution in [0.4, 0.5) is 5.69 Å². The Morgan fingerprint density at radius 3 is 2.58 bits per heavy atom. The standard InChI is InChI=1S/C18H17Cl2N3O3/c1-26-16-5-4-14(10-21-16)22-17(24)15-3-2-6-23(15)18(25)11-7-12(19)9-13(20)8-11/h4-5,7-10,15H,2-3,6H2,1H3,(H,22,24)/t15-/m1/s1. The van der Waals surface area contributed by atoms with E-state index in [-0.39, 0.29) is 11.8 Å². The van der Waals surface area contributed by atoms with Crippen molar-refractivity contribution in [2.45, 2.75) is 18.9 Å². The molecule has 1 fully saturated rings. The Kier molecular flexibility index (Phi) is 5.64. The largest absolute Gasteiger partial charge is 0.481 e. The van der Waals surface area contributed by atoms with E-state index < -0.39 is 6.04 Å². The third-order valence-electron chi connectivity index (χ3n) is 4.14. The number of nitrogens with one attached hydrogen (secondary N) is 1. The van der Waals surface area contributed by atoms with E-state index in [1.807, 2.05) is 0 Å². The molecule has 2 amide bonds. The molecule has 0 unspecified atom stereocenters. The molecule has 2 heterocycles. The van der Waals surface area contributed by atoms with E-state index in [0.717, 1.165) is 6.42 Å². The van der Waals surface area contributed by atoms with Gasteiger partial charge in [-0.2, -0.15) is 0 Å². The highest BCUT2D eigenvalue weighted by Gasteiger charge is 2.34. The van der Waals surface area contributed by atoms with Gasteiger partial charge in [0.05, 0.1) is 19.0 Å². The molecule has 1 aliphatic heterocycles. The molecule has 26 heavy (non-hydrogen) atoms. The van der Waals surface area contributed by atoms with Crippen molar-refractivity contribution in [1.82, 2.24) is 9.88 Å². The lowest BCUT2D eigenvalue weighted by atomic mass is 10.1. The molecule has 1 aromatic heterocycles. The van der Waals surface area contributed by atoms with Crippen molar-refractivity contribution in [3.8, 4) is 5.88 Å². The number of nitrogens with zero attached hydrogens (tertiary/aromatic N) is 2. The maximum absolute atomic E-state index is 12.8. The van der Waals surface area contributed by atoms with Crippen molar-refractivity contribution in [2.24, 2.45) is 0 Å². The summed E-state index contributed by atoms with van der Waals surface area (Å²) in [6, 6.07) is 7.46. The van der Waals surface area contributed by atoms with Crippen LogP contribution in [0, 0.1) is 0 Å². The number of likely N-dealkylation sites (tertiary alicyclic amines) is 1. The number of pyridine rings is 1. The van der Waals surface area contributed by atoms with Crippen LogP contribution in [-0.4, -0.2) is 41.4 Å². The van der Waals surface area contributed by atoms with Crippen LogP contribution in [-0.2, 0) is 4.79 Å². The third kappa shape index (κ3) is 4.08. The van der Waals surface area contributed by atoms with Crippen LogP contribution in [0.3, 0.4) is 0 Å². The van der Waals surface area contributed by atoms with E-state index in [4.69, 9.17) is 27.9 Å². The minimum atomic E-state index is -0.553. The van der Waals surface area contributed by atoms with E-state index >= 15 is 0 Å². The van der Waals surface area contributed by atoms with Crippen molar-refractivity contribution >= 4 is 40.7 Å². The molecule has 1 aromatic carbocycles. The molecule has 136 valence electrons. The van der Waals surface area contributed by atoms with E-state index in [1.54, 1.807) is 35.2 Å². The molecule has 0 aliphatic carbocycles. The normalized spacial score (nSPS) is 16.4. The summed E-state index contributed by atoms with van der Waals surface area (Å²) < 4.78 is 4.99. The average Bonchev–Trinajstić information content (AvgIpc) is 3.10. The minimum Gasteiger partial charge on any atom is -0.481 e. The number of carbonyl (C=O) groups excluding carboxylic acids is 2. The van der Waals surface area contributed by atoms with Crippen LogP contribution >= 0.6 is 23.2 Å². The van der Waals surface area contributed by atoms with Gasteiger partial charge in [0.2, 0.25) is 11.8 Å². The Labute approximate surface area is 161 Å². The van der Waals surface area contributed by atoms with Crippen LogP contribution < -0.4 is 10.1 Å². The summed E-state index contributed by atoms with van der Waals surface area (Å²) in [5.74, 6) is -0.0608. The van der Waals surface area contributed by atoms with Crippen LogP contribution in [0.1, 0.15) is 23.2 Å². The predicted molar refractivity (Wildman–Crippen MR) is 99.9 cm³/mol. The number of hydrogen-bond acceptors (Lipinski definition) is 4. The second-order valence-corrected chi connectivity index (χ2v) is 6.77. The van der Waals surface area contributed by atoms with Gasteiger partial charge in [0.25, 0.3) is 5.91 Å². The molecule has 8 heteroatoms. The number of aromatic nitrogens is 1. The lowest BCUT2D eigenvalue weighted by molar-refractivity contribution is -0.119. The highest BCUT2D eigenvalue weighted by atomic mass is 35.5. The number of halogens is 2. The number of ether oxygens (including phenoxy) is 1. The Morgan fingerprint density at radius 2 is 1.96 bits per heavy atom. The number of carbonyl (C=O) groups is 2. The maximum Gasteiger partial charge on any atom is 0.254 e. The molecular formula is C18H17Cl2N3O3. The summed E-state index contributed by atoms with van der Waals surface area (Å²) in [5, 5.41) is 3.55. The predicted octanol–water partition coefficient (Wildman–Crippen LogP) is 3.64. The van der Waals surface area contributed by atoms with Crippen molar-refractivity contribution < 1.29 is 14.3 Å². The molecule has 0 radical (unpaired) electrons. The minimum absolute atomic E-state index is 0.254. The first-order valence-corrected chi connectivity index (χ1v) is 8.81.